The fourth-order valence-corrected chi connectivity index (χ4v) is 2.73. The number of fused-ring (bicyclic) bond motifs is 1. The molecule has 0 aliphatic carbocycles. The zero-order chi connectivity index (χ0) is 18.1. The van der Waals surface area contributed by atoms with E-state index in [0.29, 0.717) is 17.1 Å². The smallest absolute Gasteiger partial charge is 0.263 e. The van der Waals surface area contributed by atoms with Gasteiger partial charge in [0.1, 0.15) is 11.3 Å². The standard InChI is InChI=1S/C20H16N4O2/c1-12-6-9-14(10-7-12)22-20(25)17-18(24-26-19(17)21)16-11-8-13-4-2-3-5-15(13)23-16/h2-11H,21H2,1H3,(H,22,25). The molecular weight excluding hydrogens is 328 g/mol. The number of aryl methyl sites for hydroxylation is 1. The third-order valence-electron chi connectivity index (χ3n) is 4.10. The average Bonchev–Trinajstić information content (AvgIpc) is 3.05. The maximum absolute atomic E-state index is 12.7. The number of aromatic nitrogens is 2. The molecule has 2 heterocycles. The largest absolute Gasteiger partial charge is 0.367 e. The third-order valence-corrected chi connectivity index (χ3v) is 4.10. The van der Waals surface area contributed by atoms with Crippen LogP contribution >= 0.6 is 0 Å². The Hall–Kier alpha value is -3.67. The van der Waals surface area contributed by atoms with Crippen molar-refractivity contribution >= 4 is 28.4 Å². The topological polar surface area (TPSA) is 94.0 Å². The fourth-order valence-electron chi connectivity index (χ4n) is 2.73. The highest BCUT2D eigenvalue weighted by atomic mass is 16.5. The first-order valence-electron chi connectivity index (χ1n) is 8.11. The van der Waals surface area contributed by atoms with Gasteiger partial charge in [-0.25, -0.2) is 4.98 Å². The number of nitrogens with two attached hydrogens (primary N) is 1. The minimum atomic E-state index is -0.391. The second-order valence-corrected chi connectivity index (χ2v) is 5.98. The molecule has 0 radical (unpaired) electrons. The van der Waals surface area contributed by atoms with Crippen molar-refractivity contribution in [3.05, 3.63) is 71.8 Å². The molecule has 1 amide bonds. The van der Waals surface area contributed by atoms with Crippen molar-refractivity contribution in [3.8, 4) is 11.4 Å². The summed E-state index contributed by atoms with van der Waals surface area (Å²) in [6.07, 6.45) is 0. The van der Waals surface area contributed by atoms with Crippen LogP contribution in [0.3, 0.4) is 0 Å². The molecular formula is C20H16N4O2. The Morgan fingerprint density at radius 2 is 1.81 bits per heavy atom. The number of carbonyl (C=O) groups excluding carboxylic acids is 1. The number of amides is 1. The fraction of sp³-hybridized carbons (Fsp3) is 0.0500. The first-order chi connectivity index (χ1) is 12.6. The van der Waals surface area contributed by atoms with Gasteiger partial charge in [-0.15, -0.1) is 0 Å². The van der Waals surface area contributed by atoms with E-state index >= 15 is 0 Å². The van der Waals surface area contributed by atoms with Crippen LogP contribution in [0.25, 0.3) is 22.3 Å². The molecule has 3 N–H and O–H groups in total. The van der Waals surface area contributed by atoms with Crippen LogP contribution in [-0.4, -0.2) is 16.0 Å². The van der Waals surface area contributed by atoms with Gasteiger partial charge >= 0.3 is 0 Å². The number of nitrogens with zero attached hydrogens (tertiary/aromatic N) is 2. The van der Waals surface area contributed by atoms with Gasteiger partial charge in [0, 0.05) is 11.1 Å². The molecule has 0 fully saturated rings. The van der Waals surface area contributed by atoms with Gasteiger partial charge in [0.05, 0.1) is 11.2 Å². The van der Waals surface area contributed by atoms with Crippen LogP contribution in [0, 0.1) is 6.92 Å². The summed E-state index contributed by atoms with van der Waals surface area (Å²) in [5, 5.41) is 7.76. The number of hydrogen-bond donors (Lipinski definition) is 2. The number of carbonyl (C=O) groups is 1. The van der Waals surface area contributed by atoms with Gasteiger partial charge in [-0.2, -0.15) is 0 Å². The molecule has 0 atom stereocenters. The number of pyridine rings is 1. The lowest BCUT2D eigenvalue weighted by atomic mass is 10.1. The molecule has 2 aromatic carbocycles. The lowest BCUT2D eigenvalue weighted by molar-refractivity contribution is 0.102. The lowest BCUT2D eigenvalue weighted by Crippen LogP contribution is -2.14. The molecule has 0 unspecified atom stereocenters. The summed E-state index contributed by atoms with van der Waals surface area (Å²) >= 11 is 0. The summed E-state index contributed by atoms with van der Waals surface area (Å²) in [5.41, 5.74) is 9.44. The van der Waals surface area contributed by atoms with Crippen LogP contribution in [0.5, 0.6) is 0 Å². The van der Waals surface area contributed by atoms with Gasteiger partial charge in [-0.1, -0.05) is 47.1 Å². The van der Waals surface area contributed by atoms with Crippen molar-refractivity contribution in [1.82, 2.24) is 10.1 Å². The van der Waals surface area contributed by atoms with Crippen LogP contribution < -0.4 is 11.1 Å². The highest BCUT2D eigenvalue weighted by Gasteiger charge is 2.23. The van der Waals surface area contributed by atoms with Crippen LogP contribution in [0.1, 0.15) is 15.9 Å². The second kappa shape index (κ2) is 6.33. The summed E-state index contributed by atoms with van der Waals surface area (Å²) in [5.74, 6) is -0.433. The van der Waals surface area contributed by atoms with Crippen molar-refractivity contribution in [2.75, 3.05) is 11.1 Å². The summed E-state index contributed by atoms with van der Waals surface area (Å²) in [6, 6.07) is 18.9. The molecule has 4 rings (SSSR count). The Morgan fingerprint density at radius 3 is 2.62 bits per heavy atom. The molecule has 4 aromatic rings. The number of nitrogens with one attached hydrogen (secondary N) is 1. The van der Waals surface area contributed by atoms with E-state index in [-0.39, 0.29) is 11.4 Å². The molecule has 6 nitrogen and oxygen atoms in total. The highest BCUT2D eigenvalue weighted by Crippen LogP contribution is 2.28. The van der Waals surface area contributed by atoms with Gasteiger partial charge < -0.3 is 15.6 Å². The zero-order valence-electron chi connectivity index (χ0n) is 14.1. The van der Waals surface area contributed by atoms with E-state index in [4.69, 9.17) is 10.3 Å². The van der Waals surface area contributed by atoms with Crippen LogP contribution in [0.2, 0.25) is 0 Å². The van der Waals surface area contributed by atoms with Gasteiger partial charge in [-0.3, -0.25) is 4.79 Å². The minimum Gasteiger partial charge on any atom is -0.367 e. The Balaban J connectivity index is 1.72. The van der Waals surface area contributed by atoms with E-state index in [1.807, 2.05) is 61.5 Å². The monoisotopic (exact) mass is 344 g/mol. The number of nitrogen functional groups attached to an aromatic ring is 1. The second-order valence-electron chi connectivity index (χ2n) is 5.98. The van der Waals surface area contributed by atoms with Gasteiger partial charge in [0.2, 0.25) is 5.88 Å². The van der Waals surface area contributed by atoms with Crippen LogP contribution in [0.15, 0.2) is 65.2 Å². The maximum atomic E-state index is 12.7. The van der Waals surface area contributed by atoms with Gasteiger partial charge in [0.25, 0.3) is 5.91 Å². The number of para-hydroxylation sites is 1. The third kappa shape index (κ3) is 2.88. The predicted octanol–water partition coefficient (Wildman–Crippen LogP) is 4.03. The van der Waals surface area contributed by atoms with Crippen molar-refractivity contribution in [2.45, 2.75) is 6.92 Å². The van der Waals surface area contributed by atoms with E-state index in [0.717, 1.165) is 16.5 Å². The molecule has 0 saturated heterocycles. The lowest BCUT2D eigenvalue weighted by Gasteiger charge is -2.06. The molecule has 128 valence electrons. The van der Waals surface area contributed by atoms with Gasteiger partial charge in [0.15, 0.2) is 0 Å². The van der Waals surface area contributed by atoms with Gasteiger partial charge in [-0.05, 0) is 31.2 Å². The summed E-state index contributed by atoms with van der Waals surface area (Å²) < 4.78 is 5.07. The summed E-state index contributed by atoms with van der Waals surface area (Å²) in [7, 11) is 0. The molecule has 2 aromatic heterocycles. The molecule has 26 heavy (non-hydrogen) atoms. The van der Waals surface area contributed by atoms with E-state index in [1.54, 1.807) is 6.07 Å². The summed E-state index contributed by atoms with van der Waals surface area (Å²) in [6.45, 7) is 1.98. The number of anilines is 2. The first-order valence-corrected chi connectivity index (χ1v) is 8.11. The Morgan fingerprint density at radius 1 is 1.04 bits per heavy atom. The molecule has 0 aliphatic rings. The normalized spacial score (nSPS) is 10.8. The van der Waals surface area contributed by atoms with E-state index < -0.39 is 5.91 Å². The van der Waals surface area contributed by atoms with E-state index in [2.05, 4.69) is 15.5 Å². The molecule has 0 spiro atoms. The Bertz CT molecular complexity index is 1100. The van der Waals surface area contributed by atoms with Crippen molar-refractivity contribution in [1.29, 1.82) is 0 Å². The Labute approximate surface area is 149 Å². The predicted molar refractivity (Wildman–Crippen MR) is 101 cm³/mol. The number of benzene rings is 2. The van der Waals surface area contributed by atoms with Crippen molar-refractivity contribution in [3.63, 3.8) is 0 Å². The molecule has 0 bridgehead atoms. The SMILES string of the molecule is Cc1ccc(NC(=O)c2c(-c3ccc4ccccc4n3)noc2N)cc1. The van der Waals surface area contributed by atoms with E-state index in [9.17, 15) is 4.79 Å². The Kier molecular flexibility index (Phi) is 3.85. The van der Waals surface area contributed by atoms with E-state index in [1.165, 1.54) is 0 Å². The first kappa shape index (κ1) is 15.8. The highest BCUT2D eigenvalue weighted by molar-refractivity contribution is 6.10. The minimum absolute atomic E-state index is 0.0421. The van der Waals surface area contributed by atoms with Crippen molar-refractivity contribution in [2.24, 2.45) is 0 Å². The number of rotatable bonds is 3. The van der Waals surface area contributed by atoms with Crippen LogP contribution in [-0.2, 0) is 0 Å². The van der Waals surface area contributed by atoms with Crippen molar-refractivity contribution < 1.29 is 9.32 Å². The number of hydrogen-bond acceptors (Lipinski definition) is 5. The molecule has 6 heteroatoms. The average molecular weight is 344 g/mol. The molecule has 0 aliphatic heterocycles. The maximum Gasteiger partial charge on any atom is 0.263 e. The molecule has 0 saturated carbocycles. The zero-order valence-corrected chi connectivity index (χ0v) is 14.1. The van der Waals surface area contributed by atoms with Crippen LogP contribution in [0.4, 0.5) is 11.6 Å². The quantitative estimate of drug-likeness (QED) is 0.585. The summed E-state index contributed by atoms with van der Waals surface area (Å²) in [4.78, 5) is 17.3.